The van der Waals surface area contributed by atoms with Crippen molar-refractivity contribution >= 4 is 28.6 Å². The molecule has 0 bridgehead atoms. The predicted molar refractivity (Wildman–Crippen MR) is 156 cm³/mol. The maximum atomic E-state index is 13.0. The number of para-hydroxylation sites is 2. The number of ether oxygens (including phenoxy) is 2. The minimum atomic E-state index is -1.04. The van der Waals surface area contributed by atoms with E-state index in [1.54, 1.807) is 42.5 Å². The van der Waals surface area contributed by atoms with Gasteiger partial charge in [-0.3, -0.25) is 4.79 Å². The maximum absolute atomic E-state index is 13.0. The first-order chi connectivity index (χ1) is 19.3. The van der Waals surface area contributed by atoms with E-state index < -0.39 is 18.0 Å². The smallest absolute Gasteiger partial charge is 0.338 e. The number of hydrogen-bond donors (Lipinski definition) is 1. The van der Waals surface area contributed by atoms with E-state index in [4.69, 9.17) is 19.4 Å². The minimum Gasteiger partial charge on any atom is -0.495 e. The molecule has 0 radical (unpaired) electrons. The topological polar surface area (TPSA) is 90.4 Å². The number of benzene rings is 4. The Hall–Kier alpha value is -5.04. The van der Waals surface area contributed by atoms with E-state index in [1.165, 1.54) is 14.0 Å². The van der Waals surface area contributed by atoms with Gasteiger partial charge in [0, 0.05) is 11.1 Å². The number of amides is 1. The molecule has 200 valence electrons. The second kappa shape index (κ2) is 11.4. The molecular formula is C33H29N3O4. The van der Waals surface area contributed by atoms with Crippen LogP contribution in [0, 0.1) is 13.8 Å². The molecule has 7 heteroatoms. The number of fused-ring (bicyclic) bond motifs is 1. The van der Waals surface area contributed by atoms with Crippen LogP contribution in [0.15, 0.2) is 91.0 Å². The Morgan fingerprint density at radius 2 is 1.32 bits per heavy atom. The highest BCUT2D eigenvalue weighted by Gasteiger charge is 2.21. The molecule has 0 fully saturated rings. The Kier molecular flexibility index (Phi) is 7.55. The van der Waals surface area contributed by atoms with Crippen LogP contribution in [0.5, 0.6) is 5.75 Å². The van der Waals surface area contributed by atoms with Gasteiger partial charge in [0.2, 0.25) is 0 Å². The molecule has 0 aliphatic rings. The van der Waals surface area contributed by atoms with Crippen LogP contribution in [-0.2, 0) is 9.53 Å². The Bertz CT molecular complexity index is 1700. The molecule has 0 saturated carbocycles. The molecule has 1 amide bonds. The summed E-state index contributed by atoms with van der Waals surface area (Å²) in [7, 11) is 1.52. The predicted octanol–water partition coefficient (Wildman–Crippen LogP) is 6.77. The van der Waals surface area contributed by atoms with E-state index in [0.29, 0.717) is 28.2 Å². The van der Waals surface area contributed by atoms with Gasteiger partial charge in [0.1, 0.15) is 5.75 Å². The summed E-state index contributed by atoms with van der Waals surface area (Å²) in [6.07, 6.45) is -1.04. The van der Waals surface area contributed by atoms with E-state index in [-0.39, 0.29) is 5.56 Å². The average molecular weight is 532 g/mol. The molecule has 1 aromatic heterocycles. The summed E-state index contributed by atoms with van der Waals surface area (Å²) in [5.41, 5.74) is 7.60. The van der Waals surface area contributed by atoms with Gasteiger partial charge in [0.05, 0.1) is 40.8 Å². The Balaban J connectivity index is 1.44. The molecule has 1 heterocycles. The molecule has 1 atom stereocenters. The fourth-order valence-electron chi connectivity index (χ4n) is 4.27. The van der Waals surface area contributed by atoms with Crippen molar-refractivity contribution in [3.8, 4) is 28.3 Å². The second-order valence-corrected chi connectivity index (χ2v) is 9.59. The van der Waals surface area contributed by atoms with Crippen molar-refractivity contribution in [2.75, 3.05) is 12.4 Å². The van der Waals surface area contributed by atoms with Gasteiger partial charge in [-0.05, 0) is 51.1 Å². The van der Waals surface area contributed by atoms with Crippen LogP contribution in [0.2, 0.25) is 0 Å². The summed E-state index contributed by atoms with van der Waals surface area (Å²) >= 11 is 0. The van der Waals surface area contributed by atoms with Crippen molar-refractivity contribution in [1.29, 1.82) is 0 Å². The van der Waals surface area contributed by atoms with Crippen molar-refractivity contribution in [3.05, 3.63) is 108 Å². The number of anilines is 1. The van der Waals surface area contributed by atoms with Crippen LogP contribution in [0.3, 0.4) is 0 Å². The molecule has 7 nitrogen and oxygen atoms in total. The van der Waals surface area contributed by atoms with Crippen molar-refractivity contribution in [1.82, 2.24) is 9.97 Å². The largest absolute Gasteiger partial charge is 0.495 e. The van der Waals surface area contributed by atoms with Gasteiger partial charge in [-0.1, -0.05) is 71.8 Å². The number of nitrogens with zero attached hydrogens (tertiary/aromatic N) is 2. The third-order valence-corrected chi connectivity index (χ3v) is 6.57. The van der Waals surface area contributed by atoms with Gasteiger partial charge < -0.3 is 14.8 Å². The molecule has 1 N–H and O–H groups in total. The number of methoxy groups -OCH3 is 1. The van der Waals surface area contributed by atoms with E-state index >= 15 is 0 Å². The lowest BCUT2D eigenvalue weighted by Gasteiger charge is -2.15. The Morgan fingerprint density at radius 1 is 0.750 bits per heavy atom. The number of carbonyl (C=O) groups is 2. The summed E-state index contributed by atoms with van der Waals surface area (Å²) < 4.78 is 10.8. The van der Waals surface area contributed by atoms with Crippen LogP contribution >= 0.6 is 0 Å². The van der Waals surface area contributed by atoms with E-state index in [1.807, 2.05) is 62.4 Å². The van der Waals surface area contributed by atoms with Gasteiger partial charge in [-0.15, -0.1) is 0 Å². The molecule has 5 rings (SSSR count). The van der Waals surface area contributed by atoms with Crippen LogP contribution in [0.25, 0.3) is 33.5 Å². The quantitative estimate of drug-likeness (QED) is 0.233. The number of hydrogen-bond acceptors (Lipinski definition) is 6. The molecule has 1 unspecified atom stereocenters. The first-order valence-electron chi connectivity index (χ1n) is 12.9. The first kappa shape index (κ1) is 26.6. The molecule has 4 aromatic carbocycles. The summed E-state index contributed by atoms with van der Waals surface area (Å²) in [6.45, 7) is 5.60. The SMILES string of the molecule is COc1ccccc1NC(=O)C(C)OC(=O)c1ccc2nc(-c3ccc(C)cc3)c(-c3ccc(C)cc3)nc2c1. The van der Waals surface area contributed by atoms with Crippen LogP contribution in [0.1, 0.15) is 28.4 Å². The summed E-state index contributed by atoms with van der Waals surface area (Å²) in [5, 5.41) is 2.74. The standard InChI is InChI=1S/C33H29N3O4/c1-20-9-13-23(14-10-20)30-31(24-15-11-21(2)12-16-24)35-28-19-25(17-18-26(28)34-30)33(38)40-22(3)32(37)36-27-7-5-6-8-29(27)39-4/h5-19,22H,1-4H3,(H,36,37). The zero-order valence-corrected chi connectivity index (χ0v) is 22.8. The fraction of sp³-hybridized carbons (Fsp3) is 0.152. The molecule has 0 aliphatic heterocycles. The average Bonchev–Trinajstić information content (AvgIpc) is 2.97. The van der Waals surface area contributed by atoms with Gasteiger partial charge in [0.25, 0.3) is 5.91 Å². The maximum Gasteiger partial charge on any atom is 0.338 e. The summed E-state index contributed by atoms with van der Waals surface area (Å²) in [4.78, 5) is 35.6. The van der Waals surface area contributed by atoms with E-state index in [0.717, 1.165) is 27.9 Å². The van der Waals surface area contributed by atoms with Crippen molar-refractivity contribution in [2.24, 2.45) is 0 Å². The number of rotatable bonds is 7. The van der Waals surface area contributed by atoms with Crippen molar-refractivity contribution in [3.63, 3.8) is 0 Å². The van der Waals surface area contributed by atoms with Gasteiger partial charge in [-0.25, -0.2) is 14.8 Å². The third-order valence-electron chi connectivity index (χ3n) is 6.57. The fourth-order valence-corrected chi connectivity index (χ4v) is 4.27. The zero-order chi connectivity index (χ0) is 28.2. The molecule has 0 saturated heterocycles. The van der Waals surface area contributed by atoms with Gasteiger partial charge >= 0.3 is 5.97 Å². The number of esters is 1. The molecule has 0 spiro atoms. The van der Waals surface area contributed by atoms with Crippen LogP contribution < -0.4 is 10.1 Å². The highest BCUT2D eigenvalue weighted by atomic mass is 16.5. The number of carbonyl (C=O) groups excluding carboxylic acids is 2. The van der Waals surface area contributed by atoms with Crippen LogP contribution in [-0.4, -0.2) is 35.1 Å². The lowest BCUT2D eigenvalue weighted by molar-refractivity contribution is -0.123. The van der Waals surface area contributed by atoms with Gasteiger partial charge in [-0.2, -0.15) is 0 Å². The molecular weight excluding hydrogens is 502 g/mol. The number of aryl methyl sites for hydroxylation is 2. The number of aromatic nitrogens is 2. The Morgan fingerprint density at radius 3 is 1.93 bits per heavy atom. The summed E-state index contributed by atoms with van der Waals surface area (Å²) in [6, 6.07) is 28.3. The van der Waals surface area contributed by atoms with Crippen LogP contribution in [0.4, 0.5) is 5.69 Å². The van der Waals surface area contributed by atoms with Crippen molar-refractivity contribution < 1.29 is 19.1 Å². The highest BCUT2D eigenvalue weighted by molar-refractivity contribution is 5.99. The minimum absolute atomic E-state index is 0.275. The lowest BCUT2D eigenvalue weighted by Crippen LogP contribution is -2.30. The third kappa shape index (κ3) is 5.68. The number of nitrogens with one attached hydrogen (secondary N) is 1. The molecule has 5 aromatic rings. The monoisotopic (exact) mass is 531 g/mol. The molecule has 40 heavy (non-hydrogen) atoms. The lowest BCUT2D eigenvalue weighted by atomic mass is 10.0. The first-order valence-corrected chi connectivity index (χ1v) is 12.9. The molecule has 0 aliphatic carbocycles. The second-order valence-electron chi connectivity index (χ2n) is 9.59. The highest BCUT2D eigenvalue weighted by Crippen LogP contribution is 2.32. The van der Waals surface area contributed by atoms with E-state index in [2.05, 4.69) is 5.32 Å². The summed E-state index contributed by atoms with van der Waals surface area (Å²) in [5.74, 6) is -0.592. The van der Waals surface area contributed by atoms with E-state index in [9.17, 15) is 9.59 Å². The Labute approximate surface area is 232 Å². The van der Waals surface area contributed by atoms with Crippen molar-refractivity contribution in [2.45, 2.75) is 26.9 Å². The van der Waals surface area contributed by atoms with Gasteiger partial charge in [0.15, 0.2) is 6.10 Å². The zero-order valence-electron chi connectivity index (χ0n) is 22.8. The normalized spacial score (nSPS) is 11.6.